The van der Waals surface area contributed by atoms with Crippen molar-refractivity contribution in [1.29, 1.82) is 0 Å². The molecule has 7 heteroatoms. The van der Waals surface area contributed by atoms with Crippen LogP contribution in [0.3, 0.4) is 0 Å². The minimum Gasteiger partial charge on any atom is -0.452 e. The smallest absolute Gasteiger partial charge is 0.339 e. The summed E-state index contributed by atoms with van der Waals surface area (Å²) < 4.78 is 5.81. The summed E-state index contributed by atoms with van der Waals surface area (Å²) in [5.74, 6) is -1.54. The topological polar surface area (TPSA) is 84.5 Å². The molecule has 0 aliphatic heterocycles. The summed E-state index contributed by atoms with van der Waals surface area (Å²) in [6, 6.07) is 19.8. The zero-order valence-electron chi connectivity index (χ0n) is 14.8. The van der Waals surface area contributed by atoms with Crippen molar-refractivity contribution in [2.24, 2.45) is 0 Å². The average molecular weight is 441 g/mol. The van der Waals surface area contributed by atoms with Crippen LogP contribution in [-0.2, 0) is 14.3 Å². The third kappa shape index (κ3) is 4.95. The van der Waals surface area contributed by atoms with Gasteiger partial charge in [-0.1, -0.05) is 48.5 Å². The third-order valence-electron chi connectivity index (χ3n) is 3.94. The van der Waals surface area contributed by atoms with Crippen molar-refractivity contribution in [3.8, 4) is 0 Å². The lowest BCUT2D eigenvalue weighted by Gasteiger charge is -2.09. The van der Waals surface area contributed by atoms with Crippen LogP contribution in [-0.4, -0.2) is 30.9 Å². The second-order valence-corrected chi connectivity index (χ2v) is 6.76. The van der Waals surface area contributed by atoms with E-state index in [0.29, 0.717) is 11.3 Å². The fraction of sp³-hybridized carbons (Fsp3) is 0.0952. The molecule has 0 atom stereocenters. The Morgan fingerprint density at radius 1 is 0.857 bits per heavy atom. The van der Waals surface area contributed by atoms with Crippen molar-refractivity contribution in [2.75, 3.05) is 18.5 Å². The first-order chi connectivity index (χ1) is 13.5. The summed E-state index contributed by atoms with van der Waals surface area (Å²) in [6.07, 6.45) is 0. The Bertz CT molecular complexity index is 1030. The van der Waals surface area contributed by atoms with Crippen LogP contribution in [0.4, 0.5) is 5.69 Å². The van der Waals surface area contributed by atoms with Crippen molar-refractivity contribution in [3.63, 3.8) is 0 Å². The maximum absolute atomic E-state index is 12.3. The first-order valence-electron chi connectivity index (χ1n) is 8.50. The van der Waals surface area contributed by atoms with Gasteiger partial charge >= 0.3 is 5.97 Å². The van der Waals surface area contributed by atoms with Crippen molar-refractivity contribution in [2.45, 2.75) is 0 Å². The van der Waals surface area contributed by atoms with Gasteiger partial charge in [0, 0.05) is 4.47 Å². The number of halogens is 1. The van der Waals surface area contributed by atoms with Crippen molar-refractivity contribution >= 4 is 50.2 Å². The van der Waals surface area contributed by atoms with Gasteiger partial charge in [-0.3, -0.25) is 9.59 Å². The van der Waals surface area contributed by atoms with E-state index in [1.165, 1.54) is 0 Å². The number of esters is 1. The highest BCUT2D eigenvalue weighted by Crippen LogP contribution is 2.21. The SMILES string of the molecule is O=C(COC(=O)c1cccc2ccccc12)NCC(=O)Nc1ccccc1Br. The summed E-state index contributed by atoms with van der Waals surface area (Å²) in [6.45, 7) is -0.698. The molecule has 0 aromatic heterocycles. The van der Waals surface area contributed by atoms with E-state index in [1.807, 2.05) is 36.4 Å². The normalized spacial score (nSPS) is 10.3. The Morgan fingerprint density at radius 3 is 2.39 bits per heavy atom. The molecule has 0 unspecified atom stereocenters. The molecule has 0 spiro atoms. The van der Waals surface area contributed by atoms with E-state index in [2.05, 4.69) is 26.6 Å². The molecule has 0 aliphatic carbocycles. The van der Waals surface area contributed by atoms with E-state index in [-0.39, 0.29) is 12.5 Å². The fourth-order valence-corrected chi connectivity index (χ4v) is 2.98. The molecule has 2 amide bonds. The Balaban J connectivity index is 1.49. The van der Waals surface area contributed by atoms with E-state index in [1.54, 1.807) is 30.3 Å². The summed E-state index contributed by atoms with van der Waals surface area (Å²) in [5.41, 5.74) is 0.988. The van der Waals surface area contributed by atoms with Crippen LogP contribution in [0.2, 0.25) is 0 Å². The maximum atomic E-state index is 12.3. The number of hydrogen-bond donors (Lipinski definition) is 2. The van der Waals surface area contributed by atoms with E-state index >= 15 is 0 Å². The quantitative estimate of drug-likeness (QED) is 0.574. The summed E-state index contributed by atoms with van der Waals surface area (Å²) >= 11 is 3.33. The third-order valence-corrected chi connectivity index (χ3v) is 4.63. The van der Waals surface area contributed by atoms with Gasteiger partial charge in [0.05, 0.1) is 17.8 Å². The second kappa shape index (κ2) is 9.14. The molecule has 2 N–H and O–H groups in total. The molecule has 0 bridgehead atoms. The molecule has 28 heavy (non-hydrogen) atoms. The number of ether oxygens (including phenoxy) is 1. The summed E-state index contributed by atoms with van der Waals surface area (Å²) in [4.78, 5) is 36.1. The zero-order chi connectivity index (χ0) is 19.9. The van der Waals surface area contributed by atoms with Gasteiger partial charge in [-0.05, 0) is 44.9 Å². The van der Waals surface area contributed by atoms with E-state index in [4.69, 9.17) is 4.74 Å². The van der Waals surface area contributed by atoms with Gasteiger partial charge in [-0.2, -0.15) is 0 Å². The Kier molecular flexibility index (Phi) is 6.39. The highest BCUT2D eigenvalue weighted by atomic mass is 79.9. The number of nitrogens with one attached hydrogen (secondary N) is 2. The molecule has 0 radical (unpaired) electrons. The molecular weight excluding hydrogens is 424 g/mol. The van der Waals surface area contributed by atoms with Crippen molar-refractivity contribution in [1.82, 2.24) is 5.32 Å². The van der Waals surface area contributed by atoms with Gasteiger partial charge in [0.2, 0.25) is 5.91 Å². The molecule has 0 aliphatic rings. The number of rotatable bonds is 6. The Hall–Kier alpha value is -3.19. The standard InChI is InChI=1S/C21H17BrN2O4/c22-17-10-3-4-11-18(17)24-19(25)12-23-20(26)13-28-21(27)16-9-5-7-14-6-1-2-8-15(14)16/h1-11H,12-13H2,(H,23,26)(H,24,25). The number of hydrogen-bond acceptors (Lipinski definition) is 4. The van der Waals surface area contributed by atoms with E-state index < -0.39 is 18.5 Å². The van der Waals surface area contributed by atoms with Gasteiger partial charge in [0.25, 0.3) is 5.91 Å². The number of para-hydroxylation sites is 1. The van der Waals surface area contributed by atoms with E-state index in [0.717, 1.165) is 15.2 Å². The van der Waals surface area contributed by atoms with Crippen LogP contribution in [0, 0.1) is 0 Å². The molecule has 3 aromatic rings. The van der Waals surface area contributed by atoms with Crippen LogP contribution in [0.25, 0.3) is 10.8 Å². The van der Waals surface area contributed by atoms with Crippen LogP contribution in [0.1, 0.15) is 10.4 Å². The number of carbonyl (C=O) groups is 3. The maximum Gasteiger partial charge on any atom is 0.339 e. The zero-order valence-corrected chi connectivity index (χ0v) is 16.4. The van der Waals surface area contributed by atoms with Gasteiger partial charge in [-0.25, -0.2) is 4.79 Å². The van der Waals surface area contributed by atoms with Crippen LogP contribution < -0.4 is 10.6 Å². The van der Waals surface area contributed by atoms with Crippen LogP contribution in [0.5, 0.6) is 0 Å². The lowest BCUT2D eigenvalue weighted by Crippen LogP contribution is -2.35. The molecule has 0 fully saturated rings. The largest absolute Gasteiger partial charge is 0.452 e. The van der Waals surface area contributed by atoms with Gasteiger partial charge in [0.15, 0.2) is 6.61 Å². The number of anilines is 1. The van der Waals surface area contributed by atoms with Crippen molar-refractivity contribution in [3.05, 3.63) is 76.8 Å². The Morgan fingerprint density at radius 2 is 1.57 bits per heavy atom. The van der Waals surface area contributed by atoms with Gasteiger partial charge in [0.1, 0.15) is 0 Å². The monoisotopic (exact) mass is 440 g/mol. The fourth-order valence-electron chi connectivity index (χ4n) is 2.60. The van der Waals surface area contributed by atoms with Gasteiger partial charge < -0.3 is 15.4 Å². The number of amides is 2. The number of fused-ring (bicyclic) bond motifs is 1. The minimum absolute atomic E-state index is 0.230. The second-order valence-electron chi connectivity index (χ2n) is 5.91. The molecule has 0 saturated carbocycles. The molecule has 3 aromatic carbocycles. The average Bonchev–Trinajstić information content (AvgIpc) is 2.71. The highest BCUT2D eigenvalue weighted by molar-refractivity contribution is 9.10. The summed E-state index contributed by atoms with van der Waals surface area (Å²) in [5, 5.41) is 6.75. The molecular formula is C21H17BrN2O4. The van der Waals surface area contributed by atoms with E-state index in [9.17, 15) is 14.4 Å². The lowest BCUT2D eigenvalue weighted by atomic mass is 10.1. The van der Waals surface area contributed by atoms with Crippen LogP contribution in [0.15, 0.2) is 71.2 Å². The van der Waals surface area contributed by atoms with Crippen LogP contribution >= 0.6 is 15.9 Å². The summed E-state index contributed by atoms with van der Waals surface area (Å²) in [7, 11) is 0. The molecule has 6 nitrogen and oxygen atoms in total. The lowest BCUT2D eigenvalue weighted by molar-refractivity contribution is -0.126. The van der Waals surface area contributed by atoms with Gasteiger partial charge in [-0.15, -0.1) is 0 Å². The number of benzene rings is 3. The first kappa shape index (κ1) is 19.6. The molecule has 0 heterocycles. The Labute approximate surface area is 170 Å². The predicted octanol–water partition coefficient (Wildman–Crippen LogP) is 3.51. The first-order valence-corrected chi connectivity index (χ1v) is 9.30. The highest BCUT2D eigenvalue weighted by Gasteiger charge is 2.14. The molecule has 3 rings (SSSR count). The molecule has 0 saturated heterocycles. The number of carbonyl (C=O) groups excluding carboxylic acids is 3. The predicted molar refractivity (Wildman–Crippen MR) is 110 cm³/mol. The molecule has 142 valence electrons. The van der Waals surface area contributed by atoms with Crippen molar-refractivity contribution < 1.29 is 19.1 Å². The minimum atomic E-state index is -0.593.